The van der Waals surface area contributed by atoms with Gasteiger partial charge < -0.3 is 14.0 Å². The Balaban J connectivity index is 0.0000176. The number of carbonyl (C=O) groups excluding carboxylic acids is 2. The van der Waals surface area contributed by atoms with Gasteiger partial charge in [-0.15, -0.1) is 0 Å². The molecule has 0 aliphatic heterocycles. The van der Waals surface area contributed by atoms with Crippen LogP contribution in [0.5, 0.6) is 0 Å². The molecule has 0 bridgehead atoms. The van der Waals surface area contributed by atoms with Gasteiger partial charge >= 0.3 is 63.3 Å². The van der Waals surface area contributed by atoms with Crippen LogP contribution in [0.15, 0.2) is 24.3 Å². The molecular formula is C34H57KO7S. The van der Waals surface area contributed by atoms with E-state index < -0.39 is 27.5 Å². The van der Waals surface area contributed by atoms with E-state index in [9.17, 15) is 22.6 Å². The minimum atomic E-state index is -4.81. The molecule has 0 saturated heterocycles. The van der Waals surface area contributed by atoms with Gasteiger partial charge in [-0.25, -0.2) is 18.0 Å². The van der Waals surface area contributed by atoms with E-state index in [2.05, 4.69) is 6.92 Å². The fraction of sp³-hybridized carbons (Fsp3) is 0.765. The van der Waals surface area contributed by atoms with Gasteiger partial charge in [-0.05, 0) is 25.0 Å². The Bertz CT molecular complexity index is 952. The van der Waals surface area contributed by atoms with E-state index in [1.54, 1.807) is 13.0 Å². The fourth-order valence-electron chi connectivity index (χ4n) is 5.12. The molecule has 0 aliphatic rings. The number of ether oxygens (including phenoxy) is 2. The largest absolute Gasteiger partial charge is 1.00 e. The summed E-state index contributed by atoms with van der Waals surface area (Å²) in [5.74, 6) is -1.70. The predicted molar refractivity (Wildman–Crippen MR) is 169 cm³/mol. The molecule has 1 rings (SSSR count). The van der Waals surface area contributed by atoms with Crippen LogP contribution in [0.25, 0.3) is 0 Å². The first-order valence-electron chi connectivity index (χ1n) is 16.7. The maximum absolute atomic E-state index is 12.6. The molecule has 1 aromatic carbocycles. The van der Waals surface area contributed by atoms with Gasteiger partial charge in [0.2, 0.25) is 0 Å². The molecule has 0 heterocycles. The topological polar surface area (TPSA) is 110 Å². The van der Waals surface area contributed by atoms with Crippen molar-refractivity contribution >= 4 is 22.1 Å². The molecule has 0 aromatic heterocycles. The van der Waals surface area contributed by atoms with E-state index >= 15 is 0 Å². The Kier molecular flexibility index (Phi) is 27.8. The standard InChI is InChI=1S/C34H58O7S.K/c1-3-5-6-7-8-9-10-11-12-13-14-15-16-17-18-19-20-21-22-25-29-40-33(35)30-27-23-24-28-31(30)34(36)41-32(26-4-2)42(37,38)39;/h23-24,27-28,32H,3-22,25-26,29H2,1-2H3,(H,37,38,39);/q;+1/p-1. The monoisotopic (exact) mass is 648 g/mol. The van der Waals surface area contributed by atoms with Crippen LogP contribution in [0, 0.1) is 0 Å². The van der Waals surface area contributed by atoms with Crippen LogP contribution in [0.4, 0.5) is 0 Å². The first-order valence-corrected chi connectivity index (χ1v) is 18.2. The van der Waals surface area contributed by atoms with Gasteiger partial charge in [0.15, 0.2) is 5.44 Å². The number of benzene rings is 1. The molecule has 0 N–H and O–H groups in total. The van der Waals surface area contributed by atoms with Gasteiger partial charge in [0, 0.05) is 0 Å². The molecule has 1 aromatic rings. The van der Waals surface area contributed by atoms with Crippen molar-refractivity contribution < 1.29 is 83.4 Å². The Hall–Kier alpha value is -0.294. The summed E-state index contributed by atoms with van der Waals surface area (Å²) < 4.78 is 44.5. The summed E-state index contributed by atoms with van der Waals surface area (Å²) in [7, 11) is -4.81. The second-order valence-corrected chi connectivity index (χ2v) is 13.0. The molecule has 0 aliphatic carbocycles. The molecule has 43 heavy (non-hydrogen) atoms. The van der Waals surface area contributed by atoms with Crippen molar-refractivity contribution in [3.63, 3.8) is 0 Å². The molecular weight excluding hydrogens is 592 g/mol. The quantitative estimate of drug-likeness (QED) is 0.0464. The molecule has 7 nitrogen and oxygen atoms in total. The summed E-state index contributed by atoms with van der Waals surface area (Å²) in [5.41, 5.74) is -1.90. The predicted octanol–water partition coefficient (Wildman–Crippen LogP) is 6.50. The average molecular weight is 649 g/mol. The zero-order chi connectivity index (χ0) is 30.9. The fourth-order valence-corrected chi connectivity index (χ4v) is 5.85. The summed E-state index contributed by atoms with van der Waals surface area (Å²) in [4.78, 5) is 25.1. The third-order valence-corrected chi connectivity index (χ3v) is 8.66. The molecule has 0 fully saturated rings. The van der Waals surface area contributed by atoms with Crippen LogP contribution >= 0.6 is 0 Å². The summed E-state index contributed by atoms with van der Waals surface area (Å²) in [6, 6.07) is 5.90. The number of hydrogen-bond acceptors (Lipinski definition) is 7. The average Bonchev–Trinajstić information content (AvgIpc) is 2.97. The van der Waals surface area contributed by atoms with E-state index in [1.807, 2.05) is 0 Å². The van der Waals surface area contributed by atoms with Crippen LogP contribution < -0.4 is 51.4 Å². The van der Waals surface area contributed by atoms with Gasteiger partial charge in [0.05, 0.1) is 17.7 Å². The summed E-state index contributed by atoms with van der Waals surface area (Å²) in [6.07, 6.45) is 26.2. The molecule has 0 radical (unpaired) electrons. The minimum absolute atomic E-state index is 0. The Morgan fingerprint density at radius 1 is 0.628 bits per heavy atom. The van der Waals surface area contributed by atoms with Crippen LogP contribution in [0.2, 0.25) is 0 Å². The molecule has 0 saturated carbocycles. The Labute approximate surface area is 305 Å². The van der Waals surface area contributed by atoms with Crippen molar-refractivity contribution in [2.45, 2.75) is 161 Å². The van der Waals surface area contributed by atoms with Gasteiger partial charge in [0.25, 0.3) is 0 Å². The van der Waals surface area contributed by atoms with E-state index in [4.69, 9.17) is 9.47 Å². The maximum atomic E-state index is 12.6. The van der Waals surface area contributed by atoms with Crippen molar-refractivity contribution in [1.82, 2.24) is 0 Å². The van der Waals surface area contributed by atoms with E-state index in [1.165, 1.54) is 127 Å². The van der Waals surface area contributed by atoms with Gasteiger partial charge in [-0.2, -0.15) is 0 Å². The van der Waals surface area contributed by atoms with Crippen molar-refractivity contribution in [3.05, 3.63) is 35.4 Å². The second kappa shape index (κ2) is 28.0. The minimum Gasteiger partial charge on any atom is -0.745 e. The molecule has 1 atom stereocenters. The van der Waals surface area contributed by atoms with Crippen LogP contribution in [0.1, 0.15) is 176 Å². The van der Waals surface area contributed by atoms with E-state index in [0.29, 0.717) is 6.42 Å². The Morgan fingerprint density at radius 2 is 1.00 bits per heavy atom. The summed E-state index contributed by atoms with van der Waals surface area (Å²) in [5, 5.41) is 0. The zero-order valence-electron chi connectivity index (χ0n) is 27.4. The zero-order valence-corrected chi connectivity index (χ0v) is 31.4. The summed E-state index contributed by atoms with van der Waals surface area (Å²) >= 11 is 0. The SMILES string of the molecule is CCCCCCCCCCCCCCCCCCCCCCOC(=O)c1ccccc1C(=O)OC(CCC)S(=O)(=O)[O-].[K+]. The summed E-state index contributed by atoms with van der Waals surface area (Å²) in [6.45, 7) is 4.19. The second-order valence-electron chi connectivity index (χ2n) is 11.5. The normalized spacial score (nSPS) is 12.0. The third-order valence-electron chi connectivity index (χ3n) is 7.68. The van der Waals surface area contributed by atoms with Crippen molar-refractivity contribution in [2.75, 3.05) is 6.61 Å². The van der Waals surface area contributed by atoms with Gasteiger partial charge in [-0.1, -0.05) is 154 Å². The number of esters is 2. The first-order chi connectivity index (χ1) is 20.3. The van der Waals surface area contributed by atoms with Crippen molar-refractivity contribution in [3.8, 4) is 0 Å². The van der Waals surface area contributed by atoms with E-state index in [0.717, 1.165) is 19.3 Å². The molecule has 0 amide bonds. The van der Waals surface area contributed by atoms with Gasteiger partial charge in [0.1, 0.15) is 10.1 Å². The van der Waals surface area contributed by atoms with Crippen LogP contribution in [-0.2, 0) is 19.6 Å². The van der Waals surface area contributed by atoms with E-state index in [-0.39, 0.29) is 75.5 Å². The van der Waals surface area contributed by atoms with Crippen molar-refractivity contribution in [2.24, 2.45) is 0 Å². The smallest absolute Gasteiger partial charge is 0.745 e. The van der Waals surface area contributed by atoms with Crippen LogP contribution in [-0.4, -0.2) is 37.0 Å². The number of unbranched alkanes of at least 4 members (excludes halogenated alkanes) is 19. The Morgan fingerprint density at radius 3 is 1.37 bits per heavy atom. The third kappa shape index (κ3) is 22.0. The first kappa shape index (κ1) is 42.7. The molecule has 242 valence electrons. The number of rotatable bonds is 27. The molecule has 0 spiro atoms. The van der Waals surface area contributed by atoms with Crippen molar-refractivity contribution in [1.29, 1.82) is 0 Å². The van der Waals surface area contributed by atoms with Gasteiger partial charge in [-0.3, -0.25) is 0 Å². The maximum Gasteiger partial charge on any atom is 1.00 e. The van der Waals surface area contributed by atoms with Crippen LogP contribution in [0.3, 0.4) is 0 Å². The number of hydrogen-bond donors (Lipinski definition) is 0. The molecule has 1 unspecified atom stereocenters. The number of carbonyl (C=O) groups is 2. The molecule has 9 heteroatoms.